The highest BCUT2D eigenvalue weighted by molar-refractivity contribution is 5.93. The number of carbonyl (C=O) groups is 2. The second-order valence-electron chi connectivity index (χ2n) is 7.91. The average molecular weight is 357 g/mol. The molecule has 1 aliphatic carbocycles. The second kappa shape index (κ2) is 6.85. The van der Waals surface area contributed by atoms with Gasteiger partial charge in [-0.1, -0.05) is 0 Å². The van der Waals surface area contributed by atoms with Gasteiger partial charge in [0.2, 0.25) is 11.9 Å². The first-order chi connectivity index (χ1) is 12.6. The van der Waals surface area contributed by atoms with Crippen LogP contribution in [-0.4, -0.2) is 63.8 Å². The first kappa shape index (κ1) is 17.2. The largest absolute Gasteiger partial charge is 0.355 e. The predicted octanol–water partition coefficient (Wildman–Crippen LogP) is 1.92. The number of hydrogen-bond donors (Lipinski definition) is 1. The molecule has 1 aromatic rings. The molecule has 3 aliphatic rings. The van der Waals surface area contributed by atoms with Crippen molar-refractivity contribution in [2.24, 2.45) is 5.41 Å². The maximum absolute atomic E-state index is 12.9. The summed E-state index contributed by atoms with van der Waals surface area (Å²) in [7, 11) is 0. The fourth-order valence-corrected chi connectivity index (χ4v) is 4.35. The van der Waals surface area contributed by atoms with E-state index in [1.54, 1.807) is 12.4 Å². The number of piperidine rings is 2. The van der Waals surface area contributed by atoms with Gasteiger partial charge in [-0.15, -0.1) is 0 Å². The summed E-state index contributed by atoms with van der Waals surface area (Å²) < 4.78 is 0. The third-order valence-corrected chi connectivity index (χ3v) is 5.87. The molecule has 0 radical (unpaired) electrons. The highest BCUT2D eigenvalue weighted by Crippen LogP contribution is 2.42. The lowest BCUT2D eigenvalue weighted by molar-refractivity contribution is -0.139. The molecule has 0 aromatic carbocycles. The van der Waals surface area contributed by atoms with Crippen molar-refractivity contribution in [3.63, 3.8) is 0 Å². The van der Waals surface area contributed by atoms with Crippen molar-refractivity contribution in [3.05, 3.63) is 18.0 Å². The Bertz CT molecular complexity index is 688. The summed E-state index contributed by atoms with van der Waals surface area (Å²) in [4.78, 5) is 37.6. The lowest BCUT2D eigenvalue weighted by Crippen LogP contribution is -2.55. The van der Waals surface area contributed by atoms with Crippen LogP contribution in [0, 0.1) is 5.41 Å². The molecule has 26 heavy (non-hydrogen) atoms. The number of amides is 2. The molecule has 3 heterocycles. The van der Waals surface area contributed by atoms with E-state index in [4.69, 9.17) is 0 Å². The molecule has 4 rings (SSSR count). The molecular formula is C19H27N5O2. The lowest BCUT2D eigenvalue weighted by atomic mass is 9.73. The molecule has 0 bridgehead atoms. The number of aromatic nitrogens is 2. The van der Waals surface area contributed by atoms with Crippen molar-refractivity contribution >= 4 is 17.8 Å². The van der Waals surface area contributed by atoms with Gasteiger partial charge < -0.3 is 15.1 Å². The van der Waals surface area contributed by atoms with E-state index in [0.29, 0.717) is 29.9 Å². The Morgan fingerprint density at radius 2 is 2.04 bits per heavy atom. The van der Waals surface area contributed by atoms with Crippen molar-refractivity contribution < 1.29 is 9.59 Å². The van der Waals surface area contributed by atoms with Crippen molar-refractivity contribution in [3.8, 4) is 0 Å². The molecule has 140 valence electrons. The molecular weight excluding hydrogens is 330 g/mol. The van der Waals surface area contributed by atoms with Crippen molar-refractivity contribution in [2.75, 3.05) is 31.5 Å². The van der Waals surface area contributed by atoms with Gasteiger partial charge in [-0.25, -0.2) is 9.97 Å². The predicted molar refractivity (Wildman–Crippen MR) is 97.7 cm³/mol. The van der Waals surface area contributed by atoms with Gasteiger partial charge in [0, 0.05) is 56.5 Å². The molecule has 2 amide bonds. The maximum atomic E-state index is 12.9. The minimum absolute atomic E-state index is 0.00185. The fourth-order valence-electron chi connectivity index (χ4n) is 4.35. The maximum Gasteiger partial charge on any atom is 0.257 e. The Morgan fingerprint density at radius 1 is 1.27 bits per heavy atom. The Morgan fingerprint density at radius 3 is 2.73 bits per heavy atom. The molecule has 2 aliphatic heterocycles. The summed E-state index contributed by atoms with van der Waals surface area (Å²) in [5.74, 6) is 0.848. The zero-order valence-corrected chi connectivity index (χ0v) is 15.4. The first-order valence-corrected chi connectivity index (χ1v) is 9.75. The van der Waals surface area contributed by atoms with Crippen LogP contribution in [0.3, 0.4) is 0 Å². The smallest absolute Gasteiger partial charge is 0.257 e. The Hall–Kier alpha value is -2.18. The van der Waals surface area contributed by atoms with Crippen molar-refractivity contribution in [1.82, 2.24) is 19.8 Å². The van der Waals surface area contributed by atoms with E-state index < -0.39 is 0 Å². The van der Waals surface area contributed by atoms with Gasteiger partial charge >= 0.3 is 0 Å². The summed E-state index contributed by atoms with van der Waals surface area (Å²) in [5.41, 5.74) is 0.601. The Balaban J connectivity index is 1.45. The number of rotatable bonds is 4. The van der Waals surface area contributed by atoms with Gasteiger partial charge in [0.25, 0.3) is 5.91 Å². The molecule has 1 spiro atoms. The van der Waals surface area contributed by atoms with E-state index in [2.05, 4.69) is 20.2 Å². The molecule has 7 nitrogen and oxygen atoms in total. The van der Waals surface area contributed by atoms with Gasteiger partial charge in [0.1, 0.15) is 0 Å². The molecule has 1 saturated carbocycles. The van der Waals surface area contributed by atoms with Gasteiger partial charge in [0.15, 0.2) is 0 Å². The van der Waals surface area contributed by atoms with Crippen LogP contribution in [0.15, 0.2) is 12.4 Å². The van der Waals surface area contributed by atoms with Gasteiger partial charge in [-0.05, 0) is 39.0 Å². The molecule has 1 aromatic heterocycles. The minimum Gasteiger partial charge on any atom is -0.355 e. The van der Waals surface area contributed by atoms with Crippen LogP contribution >= 0.6 is 0 Å². The number of likely N-dealkylation sites (tertiary alicyclic amines) is 2. The SMILES string of the molecule is CCNc1ncc(C(=O)N2CCC[C@]3(CCC(=O)N(C4CC4)C3)C2)cn1. The normalized spacial score (nSPS) is 26.3. The van der Waals surface area contributed by atoms with Crippen LogP contribution in [0.1, 0.15) is 55.8 Å². The molecule has 1 N–H and O–H groups in total. The number of anilines is 1. The lowest BCUT2D eigenvalue weighted by Gasteiger charge is -2.48. The van der Waals surface area contributed by atoms with Crippen LogP contribution in [0.5, 0.6) is 0 Å². The minimum atomic E-state index is 0.00185. The second-order valence-corrected chi connectivity index (χ2v) is 7.91. The van der Waals surface area contributed by atoms with Crippen LogP contribution < -0.4 is 5.32 Å². The van der Waals surface area contributed by atoms with E-state index in [-0.39, 0.29) is 11.3 Å². The fraction of sp³-hybridized carbons (Fsp3) is 0.684. The summed E-state index contributed by atoms with van der Waals surface area (Å²) in [6.45, 7) is 5.05. The Labute approximate surface area is 154 Å². The van der Waals surface area contributed by atoms with Crippen LogP contribution in [0.2, 0.25) is 0 Å². The van der Waals surface area contributed by atoms with E-state index in [9.17, 15) is 9.59 Å². The van der Waals surface area contributed by atoms with Crippen LogP contribution in [-0.2, 0) is 4.79 Å². The zero-order chi connectivity index (χ0) is 18.1. The number of carbonyl (C=O) groups excluding carboxylic acids is 2. The number of nitrogens with zero attached hydrogens (tertiary/aromatic N) is 4. The molecule has 7 heteroatoms. The van der Waals surface area contributed by atoms with E-state index in [0.717, 1.165) is 58.3 Å². The first-order valence-electron chi connectivity index (χ1n) is 9.75. The third kappa shape index (κ3) is 3.39. The number of nitrogens with one attached hydrogen (secondary N) is 1. The molecule has 0 unspecified atom stereocenters. The quantitative estimate of drug-likeness (QED) is 0.891. The van der Waals surface area contributed by atoms with E-state index in [1.165, 1.54) is 0 Å². The highest BCUT2D eigenvalue weighted by Gasteiger charge is 2.46. The number of hydrogen-bond acceptors (Lipinski definition) is 5. The summed E-state index contributed by atoms with van der Waals surface area (Å²) in [5, 5.41) is 3.04. The monoisotopic (exact) mass is 357 g/mol. The van der Waals surface area contributed by atoms with Crippen molar-refractivity contribution in [2.45, 2.75) is 51.5 Å². The van der Waals surface area contributed by atoms with Gasteiger partial charge in [-0.2, -0.15) is 0 Å². The van der Waals surface area contributed by atoms with Crippen LogP contribution in [0.25, 0.3) is 0 Å². The van der Waals surface area contributed by atoms with E-state index in [1.807, 2.05) is 11.8 Å². The summed E-state index contributed by atoms with van der Waals surface area (Å²) >= 11 is 0. The Kier molecular flexibility index (Phi) is 4.54. The van der Waals surface area contributed by atoms with Gasteiger partial charge in [0.05, 0.1) is 5.56 Å². The topological polar surface area (TPSA) is 78.4 Å². The van der Waals surface area contributed by atoms with Gasteiger partial charge in [-0.3, -0.25) is 9.59 Å². The molecule has 1 atom stereocenters. The summed E-state index contributed by atoms with van der Waals surface area (Å²) in [6, 6.07) is 0.456. The molecule has 2 saturated heterocycles. The zero-order valence-electron chi connectivity index (χ0n) is 15.4. The highest BCUT2D eigenvalue weighted by atomic mass is 16.2. The average Bonchev–Trinajstić information content (AvgIpc) is 3.50. The standard InChI is InChI=1S/C19H27N5O2/c1-2-20-18-21-10-14(11-22-18)17(26)23-9-3-7-19(12-23)8-6-16(25)24(13-19)15-4-5-15/h10-11,15H,2-9,12-13H2,1H3,(H,20,21,22)/t19-/m0/s1. The third-order valence-electron chi connectivity index (χ3n) is 5.87. The van der Waals surface area contributed by atoms with Crippen LogP contribution in [0.4, 0.5) is 5.95 Å². The van der Waals surface area contributed by atoms with E-state index >= 15 is 0 Å². The van der Waals surface area contributed by atoms with Crippen molar-refractivity contribution in [1.29, 1.82) is 0 Å². The summed E-state index contributed by atoms with van der Waals surface area (Å²) in [6.07, 6.45) is 9.11. The molecule has 3 fully saturated rings.